The molecule has 338 valence electrons. The van der Waals surface area contributed by atoms with Crippen LogP contribution in [0.3, 0.4) is 0 Å². The first-order chi connectivity index (χ1) is 29.7. The molecular formula is C40H45F6N11O5S. The molecule has 23 heteroatoms. The maximum Gasteiger partial charge on any atom is 0.419 e. The number of fused-ring (bicyclic) bond motifs is 1. The van der Waals surface area contributed by atoms with Gasteiger partial charge in [-0.15, -0.1) is 0 Å². The molecule has 1 atom stereocenters. The summed E-state index contributed by atoms with van der Waals surface area (Å²) in [5, 5.41) is 19.1. The molecule has 4 aliphatic rings. The molecule has 2 aromatic heterocycles. The molecule has 0 unspecified atom stereocenters. The van der Waals surface area contributed by atoms with E-state index >= 15 is 0 Å². The lowest BCUT2D eigenvalue weighted by Crippen LogP contribution is -2.60. The van der Waals surface area contributed by atoms with Crippen molar-refractivity contribution in [2.24, 2.45) is 7.05 Å². The Bertz CT molecular complexity index is 2340. The number of alkyl halides is 6. The number of aryl methyl sites for hydroxylation is 1. The molecule has 4 fully saturated rings. The number of rotatable bonds is 11. The zero-order valence-corrected chi connectivity index (χ0v) is 35.4. The van der Waals surface area contributed by atoms with Crippen molar-refractivity contribution in [3.63, 3.8) is 0 Å². The van der Waals surface area contributed by atoms with E-state index in [0.29, 0.717) is 74.5 Å². The molecule has 7 rings (SSSR count). The van der Waals surface area contributed by atoms with E-state index in [4.69, 9.17) is 22.2 Å². The molecule has 3 aromatic rings. The number of nitrogens with zero attached hydrogens (tertiary/aromatic N) is 9. The molecule has 3 aliphatic heterocycles. The van der Waals surface area contributed by atoms with E-state index in [9.17, 15) is 45.5 Å². The quantitative estimate of drug-likeness (QED) is 0.151. The highest BCUT2D eigenvalue weighted by molar-refractivity contribution is 7.80. The third-order valence-electron chi connectivity index (χ3n) is 12.0. The summed E-state index contributed by atoms with van der Waals surface area (Å²) < 4.78 is 91.9. The first-order valence-corrected chi connectivity index (χ1v) is 20.8. The average molecular weight is 906 g/mol. The standard InChI is InChI=1S/C40H45F6N11O5S/c1-38(2)35(60)56(24-18-27(39(41,42)43)29(19-47)48-20-24)37(63)57(38)23-8-10-25(11-9-23)62-17-5-13-53-15-16-54(30(21-53)40(44,45)46)22-32(59)49-28-7-4-6-26-33(28)52(3)51-34(26)55-14-12-31(58)50-36(55)61/h4,6-7,18,20,23,25,30H,5,8-17,21-22H2,1-3H3,(H,49,59)(H,50,58,61)/t23?,25?,30-/m1/s1. The number of anilines is 3. The summed E-state index contributed by atoms with van der Waals surface area (Å²) in [6, 6.07) is 4.31. The van der Waals surface area contributed by atoms with Crippen molar-refractivity contribution >= 4 is 69.2 Å². The number of nitrogens with one attached hydrogen (secondary N) is 2. The number of carbonyl (C=O) groups excluding carboxylic acids is 4. The van der Waals surface area contributed by atoms with E-state index < -0.39 is 65.5 Å². The van der Waals surface area contributed by atoms with Gasteiger partial charge in [-0.3, -0.25) is 39.1 Å². The molecule has 1 aromatic carbocycles. The normalized spacial score (nSPS) is 22.8. The average Bonchev–Trinajstić information content (AvgIpc) is 3.64. The number of hydrogen-bond acceptors (Lipinski definition) is 11. The van der Waals surface area contributed by atoms with Crippen molar-refractivity contribution < 1.29 is 50.3 Å². The van der Waals surface area contributed by atoms with Crippen LogP contribution in [0.2, 0.25) is 0 Å². The van der Waals surface area contributed by atoms with Crippen LogP contribution in [0.5, 0.6) is 0 Å². The van der Waals surface area contributed by atoms with Crippen molar-refractivity contribution in [2.45, 2.75) is 88.5 Å². The van der Waals surface area contributed by atoms with Crippen molar-refractivity contribution in [2.75, 3.05) is 61.0 Å². The smallest absolute Gasteiger partial charge is 0.378 e. The third kappa shape index (κ3) is 9.30. The number of imide groups is 1. The van der Waals surface area contributed by atoms with Crippen LogP contribution in [0.15, 0.2) is 30.5 Å². The van der Waals surface area contributed by atoms with Gasteiger partial charge in [-0.2, -0.15) is 36.7 Å². The van der Waals surface area contributed by atoms with Gasteiger partial charge in [0, 0.05) is 64.2 Å². The Hall–Kier alpha value is -5.44. The number of thiocarbonyl (C=S) groups is 1. The van der Waals surface area contributed by atoms with Gasteiger partial charge in [-0.25, -0.2) is 9.78 Å². The summed E-state index contributed by atoms with van der Waals surface area (Å²) in [7, 11) is 1.61. The van der Waals surface area contributed by atoms with Crippen LogP contribution in [0.4, 0.5) is 48.3 Å². The van der Waals surface area contributed by atoms with E-state index in [2.05, 4.69) is 20.7 Å². The second-order valence-electron chi connectivity index (χ2n) is 16.5. The Morgan fingerprint density at radius 3 is 2.48 bits per heavy atom. The summed E-state index contributed by atoms with van der Waals surface area (Å²) in [4.78, 5) is 61.6. The number of pyridine rings is 1. The minimum absolute atomic E-state index is 0.00879. The number of halogens is 6. The van der Waals surface area contributed by atoms with Gasteiger partial charge in [0.15, 0.2) is 16.6 Å². The SMILES string of the molecule is Cn1nc(N2CCC(=O)NC2=O)c2cccc(NC(=O)CN3CCN(CCCOC4CCC(N5C(=S)N(c6cnc(C#N)c(C(F)(F)F)c6)C(=O)C5(C)C)CC4)C[C@@H]3C(F)(F)F)c21. The Morgan fingerprint density at radius 2 is 1.81 bits per heavy atom. The number of ether oxygens (including phenoxy) is 1. The molecule has 5 heterocycles. The first-order valence-electron chi connectivity index (χ1n) is 20.4. The molecule has 3 saturated heterocycles. The van der Waals surface area contributed by atoms with Crippen LogP contribution in [0.25, 0.3) is 10.9 Å². The second-order valence-corrected chi connectivity index (χ2v) is 16.9. The highest BCUT2D eigenvalue weighted by atomic mass is 32.1. The lowest BCUT2D eigenvalue weighted by molar-refractivity contribution is -0.197. The second kappa shape index (κ2) is 17.6. The Morgan fingerprint density at radius 1 is 1.08 bits per heavy atom. The van der Waals surface area contributed by atoms with Crippen LogP contribution in [-0.4, -0.2) is 134 Å². The Labute approximate surface area is 363 Å². The van der Waals surface area contributed by atoms with Crippen molar-refractivity contribution in [1.82, 2.24) is 34.8 Å². The first kappa shape index (κ1) is 45.6. The van der Waals surface area contributed by atoms with E-state index in [0.717, 1.165) is 16.0 Å². The Kier molecular flexibility index (Phi) is 12.7. The zero-order valence-electron chi connectivity index (χ0n) is 34.6. The molecule has 5 amide bonds. The highest BCUT2D eigenvalue weighted by Crippen LogP contribution is 2.40. The largest absolute Gasteiger partial charge is 0.419 e. The predicted molar refractivity (Wildman–Crippen MR) is 219 cm³/mol. The number of nitriles is 1. The van der Waals surface area contributed by atoms with Crippen molar-refractivity contribution in [3.05, 3.63) is 41.7 Å². The maximum atomic E-state index is 14.4. The molecule has 1 saturated carbocycles. The number of amides is 5. The van der Waals surface area contributed by atoms with Crippen molar-refractivity contribution in [1.29, 1.82) is 5.26 Å². The highest BCUT2D eigenvalue weighted by Gasteiger charge is 2.53. The number of aromatic nitrogens is 3. The summed E-state index contributed by atoms with van der Waals surface area (Å²) in [5.74, 6) is -1.31. The van der Waals surface area contributed by atoms with Crippen LogP contribution < -0.4 is 20.4 Å². The molecule has 0 bridgehead atoms. The van der Waals surface area contributed by atoms with Gasteiger partial charge >= 0.3 is 18.4 Å². The molecular weight excluding hydrogens is 861 g/mol. The molecule has 1 aliphatic carbocycles. The molecule has 63 heavy (non-hydrogen) atoms. The van der Waals surface area contributed by atoms with Crippen LogP contribution in [0, 0.1) is 11.3 Å². The predicted octanol–water partition coefficient (Wildman–Crippen LogP) is 4.92. The fourth-order valence-corrected chi connectivity index (χ4v) is 9.44. The minimum atomic E-state index is -4.87. The zero-order chi connectivity index (χ0) is 45.6. The summed E-state index contributed by atoms with van der Waals surface area (Å²) in [5.41, 5.74) is -2.69. The van der Waals surface area contributed by atoms with Gasteiger partial charge in [0.2, 0.25) is 11.8 Å². The van der Waals surface area contributed by atoms with Gasteiger partial charge < -0.3 is 19.9 Å². The van der Waals surface area contributed by atoms with Gasteiger partial charge in [-0.1, -0.05) is 6.07 Å². The number of carbonyl (C=O) groups is 4. The molecule has 0 spiro atoms. The number of para-hydroxylation sites is 1. The lowest BCUT2D eigenvalue weighted by Gasteiger charge is -2.42. The van der Waals surface area contributed by atoms with Gasteiger partial charge in [0.25, 0.3) is 5.91 Å². The summed E-state index contributed by atoms with van der Waals surface area (Å²) >= 11 is 5.66. The van der Waals surface area contributed by atoms with E-state index in [-0.39, 0.29) is 54.8 Å². The monoisotopic (exact) mass is 905 g/mol. The number of urea groups is 1. The third-order valence-corrected chi connectivity index (χ3v) is 12.4. The van der Waals surface area contributed by atoms with Crippen molar-refractivity contribution in [3.8, 4) is 6.07 Å². The van der Waals surface area contributed by atoms with Crippen LogP contribution >= 0.6 is 12.2 Å². The minimum Gasteiger partial charge on any atom is -0.378 e. The van der Waals surface area contributed by atoms with Crippen LogP contribution in [-0.2, 0) is 32.3 Å². The fourth-order valence-electron chi connectivity index (χ4n) is 8.88. The van der Waals surface area contributed by atoms with E-state index in [1.54, 1.807) is 48.9 Å². The molecule has 16 nitrogen and oxygen atoms in total. The van der Waals surface area contributed by atoms with E-state index in [1.165, 1.54) is 15.7 Å². The topological polar surface area (TPSA) is 172 Å². The molecule has 2 N–H and O–H groups in total. The van der Waals surface area contributed by atoms with Crippen LogP contribution in [0.1, 0.15) is 63.6 Å². The number of benzene rings is 1. The van der Waals surface area contributed by atoms with E-state index in [1.807, 2.05) is 0 Å². The van der Waals surface area contributed by atoms with Gasteiger partial charge in [0.1, 0.15) is 17.6 Å². The summed E-state index contributed by atoms with van der Waals surface area (Å²) in [6.07, 6.45) is -5.75. The van der Waals surface area contributed by atoms with Gasteiger partial charge in [0.05, 0.1) is 41.3 Å². The number of hydrogen-bond donors (Lipinski definition) is 2. The molecule has 0 radical (unpaired) electrons. The Balaban J connectivity index is 0.886. The fraction of sp³-hybridized carbons (Fsp3) is 0.550. The number of piperazine rings is 1. The maximum absolute atomic E-state index is 14.4. The summed E-state index contributed by atoms with van der Waals surface area (Å²) in [6.45, 7) is 3.48. The lowest BCUT2D eigenvalue weighted by atomic mass is 9.89. The van der Waals surface area contributed by atoms with Gasteiger partial charge in [-0.05, 0) is 76.4 Å².